The molecule has 3 heterocycles. The van der Waals surface area contributed by atoms with Crippen LogP contribution < -0.4 is 19.4 Å². The highest BCUT2D eigenvalue weighted by molar-refractivity contribution is 6.58. The summed E-state index contributed by atoms with van der Waals surface area (Å²) in [6.45, 7) is 2.68. The molecule has 1 N–H and O–H groups in total. The van der Waals surface area contributed by atoms with Crippen LogP contribution in [0.4, 0.5) is 21.5 Å². The molecule has 1 saturated carbocycles. The van der Waals surface area contributed by atoms with Gasteiger partial charge in [-0.3, -0.25) is 24.1 Å². The molecule has 3 aliphatic heterocycles. The summed E-state index contributed by atoms with van der Waals surface area (Å²) in [6, 6.07) is 16.8. The molecule has 258 valence electrons. The van der Waals surface area contributed by atoms with Crippen LogP contribution in [0.5, 0.6) is 11.5 Å². The van der Waals surface area contributed by atoms with Crippen molar-refractivity contribution in [3.8, 4) is 11.5 Å². The van der Waals surface area contributed by atoms with Crippen molar-refractivity contribution in [2.75, 3.05) is 48.1 Å². The first-order chi connectivity index (χ1) is 24.0. The lowest BCUT2D eigenvalue weighted by Gasteiger charge is -2.50. The molecule has 0 aromatic heterocycles. The first-order valence-corrected chi connectivity index (χ1v) is 17.2. The smallest absolute Gasteiger partial charge is 0.258 e. The van der Waals surface area contributed by atoms with Gasteiger partial charge in [0.15, 0.2) is 21.2 Å². The Morgan fingerprint density at radius 2 is 1.48 bits per heavy atom. The Balaban J connectivity index is 1.23. The van der Waals surface area contributed by atoms with E-state index in [4.69, 9.17) is 32.7 Å². The van der Waals surface area contributed by atoms with Crippen molar-refractivity contribution < 1.29 is 38.1 Å². The predicted octanol–water partition coefficient (Wildman–Crippen LogP) is 5.14. The molecule has 3 saturated heterocycles. The molecular weight excluding hydrogens is 688 g/mol. The van der Waals surface area contributed by atoms with Crippen molar-refractivity contribution in [3.63, 3.8) is 0 Å². The van der Waals surface area contributed by atoms with Gasteiger partial charge in [0.2, 0.25) is 11.8 Å². The fraction of sp³-hybridized carbons (Fsp3) is 0.351. The molecule has 8 rings (SSSR count). The van der Waals surface area contributed by atoms with E-state index in [9.17, 15) is 28.7 Å². The third kappa shape index (κ3) is 4.49. The van der Waals surface area contributed by atoms with Crippen molar-refractivity contribution in [2.45, 2.75) is 28.5 Å². The molecule has 6 atom stereocenters. The van der Waals surface area contributed by atoms with Crippen molar-refractivity contribution in [2.24, 2.45) is 17.8 Å². The van der Waals surface area contributed by atoms with E-state index in [1.807, 2.05) is 12.1 Å². The number of imide groups is 2. The topological polar surface area (TPSA) is 117 Å². The number of anilines is 3. The monoisotopic (exact) mass is 719 g/mol. The Labute approximate surface area is 296 Å². The molecule has 3 aromatic carbocycles. The highest BCUT2D eigenvalue weighted by Crippen LogP contribution is 2.66. The first-order valence-electron chi connectivity index (χ1n) is 16.4. The van der Waals surface area contributed by atoms with E-state index in [2.05, 4.69) is 4.90 Å². The van der Waals surface area contributed by atoms with Crippen molar-refractivity contribution in [1.29, 1.82) is 0 Å². The highest BCUT2D eigenvalue weighted by atomic mass is 35.5. The van der Waals surface area contributed by atoms with Gasteiger partial charge in [-0.05, 0) is 73.4 Å². The lowest BCUT2D eigenvalue weighted by molar-refractivity contribution is -0.125. The average molecular weight is 721 g/mol. The van der Waals surface area contributed by atoms with Gasteiger partial charge in [0, 0.05) is 30.3 Å². The van der Waals surface area contributed by atoms with E-state index in [1.165, 1.54) is 30.2 Å². The van der Waals surface area contributed by atoms with E-state index in [0.29, 0.717) is 24.5 Å². The molecule has 0 bridgehead atoms. The van der Waals surface area contributed by atoms with Crippen LogP contribution in [0.25, 0.3) is 0 Å². The van der Waals surface area contributed by atoms with Crippen LogP contribution >= 0.6 is 23.2 Å². The standard InChI is InChI=1S/C37H32Cl2FN3O7/c1-49-28-4-2-3-26(31(28)44)30-24-13-14-25-29(33(46)42(32(25)45)22-11-9-21(10-12-22)41-15-17-50-18-16-41)27(24)19-36(38)34(47)43(35(48)37(30,36)39)23-7-5-20(40)6-8-23/h2-13,25,27,29-30,44H,14-19H2,1H3/t25-,27+,29-,30+,36+,37-/m0/s1. The first kappa shape index (κ1) is 32.7. The molecule has 0 unspecified atom stereocenters. The maximum absolute atomic E-state index is 14.5. The molecular formula is C37H32Cl2FN3O7. The second-order valence-electron chi connectivity index (χ2n) is 13.3. The normalized spacial score (nSPS) is 30.6. The Morgan fingerprint density at radius 3 is 2.16 bits per heavy atom. The van der Waals surface area contributed by atoms with Crippen molar-refractivity contribution in [3.05, 3.63) is 89.8 Å². The summed E-state index contributed by atoms with van der Waals surface area (Å²) < 4.78 is 24.7. The second kappa shape index (κ2) is 11.8. The number of hydrogen-bond donors (Lipinski definition) is 1. The Kier molecular flexibility index (Phi) is 7.74. The van der Waals surface area contributed by atoms with Gasteiger partial charge in [-0.25, -0.2) is 9.29 Å². The van der Waals surface area contributed by atoms with E-state index in [-0.39, 0.29) is 41.5 Å². The van der Waals surface area contributed by atoms with Gasteiger partial charge >= 0.3 is 0 Å². The lowest BCUT2D eigenvalue weighted by Crippen LogP contribution is -2.60. The van der Waals surface area contributed by atoms with E-state index < -0.39 is 57.0 Å². The summed E-state index contributed by atoms with van der Waals surface area (Å²) in [4.78, 5) is 57.3. The number of phenols is 1. The lowest BCUT2D eigenvalue weighted by atomic mass is 9.56. The SMILES string of the molecule is COc1cccc([C@H]2C3=CC[C@@H]4C(=O)N(c5ccc(N6CCOCC6)cc5)C(=O)[C@@H]4[C@@H]3C[C@@]3(Cl)C(=O)N(c4ccc(F)cc4)C(=O)[C@@]23Cl)c1O. The number of allylic oxidation sites excluding steroid dienone is 2. The van der Waals surface area contributed by atoms with Crippen LogP contribution in [0.2, 0.25) is 0 Å². The van der Waals surface area contributed by atoms with Crippen LogP contribution in [0, 0.1) is 23.6 Å². The Bertz CT molecular complexity index is 1970. The molecule has 5 aliphatic rings. The van der Waals surface area contributed by atoms with Gasteiger partial charge in [0.05, 0.1) is 43.5 Å². The second-order valence-corrected chi connectivity index (χ2v) is 14.5. The molecule has 4 amide bonds. The van der Waals surface area contributed by atoms with Crippen LogP contribution in [0.1, 0.15) is 24.3 Å². The molecule has 10 nitrogen and oxygen atoms in total. The van der Waals surface area contributed by atoms with Crippen molar-refractivity contribution in [1.82, 2.24) is 0 Å². The number of methoxy groups -OCH3 is 1. The number of benzene rings is 3. The van der Waals surface area contributed by atoms with Gasteiger partial charge in [-0.2, -0.15) is 0 Å². The zero-order valence-corrected chi connectivity index (χ0v) is 28.4. The number of ether oxygens (including phenoxy) is 2. The van der Waals surface area contributed by atoms with Gasteiger partial charge in [-0.15, -0.1) is 23.2 Å². The Hall–Kier alpha value is -4.45. The fourth-order valence-electron chi connectivity index (χ4n) is 8.57. The molecule has 4 fully saturated rings. The third-order valence-electron chi connectivity index (χ3n) is 10.9. The maximum atomic E-state index is 14.5. The summed E-state index contributed by atoms with van der Waals surface area (Å²) in [6.07, 6.45) is 1.72. The number of fused-ring (bicyclic) bond motifs is 4. The molecule has 0 spiro atoms. The minimum absolute atomic E-state index is 0.0677. The fourth-order valence-corrected chi connectivity index (χ4v) is 9.50. The highest BCUT2D eigenvalue weighted by Gasteiger charge is 2.77. The number of hydrogen-bond acceptors (Lipinski definition) is 8. The largest absolute Gasteiger partial charge is 0.504 e. The predicted molar refractivity (Wildman–Crippen MR) is 183 cm³/mol. The number of rotatable bonds is 5. The quantitative estimate of drug-likeness (QED) is 0.219. The Morgan fingerprint density at radius 1 is 0.840 bits per heavy atom. The summed E-state index contributed by atoms with van der Waals surface area (Å²) in [5.74, 6) is -6.96. The zero-order chi connectivity index (χ0) is 35.1. The summed E-state index contributed by atoms with van der Waals surface area (Å²) in [7, 11) is 1.38. The number of para-hydroxylation sites is 1. The molecule has 50 heavy (non-hydrogen) atoms. The minimum Gasteiger partial charge on any atom is -0.504 e. The molecule has 3 aromatic rings. The van der Waals surface area contributed by atoms with E-state index in [1.54, 1.807) is 30.3 Å². The number of halogens is 3. The number of nitrogens with zero attached hydrogens (tertiary/aromatic N) is 3. The van der Waals surface area contributed by atoms with Gasteiger partial charge in [-0.1, -0.05) is 23.8 Å². The number of carbonyl (C=O) groups is 4. The number of phenolic OH excluding ortho intramolecular Hbond substituents is 1. The molecule has 13 heteroatoms. The summed E-state index contributed by atoms with van der Waals surface area (Å²) in [5, 5.41) is 11.5. The van der Waals surface area contributed by atoms with Crippen LogP contribution in [-0.2, 0) is 23.9 Å². The third-order valence-corrected chi connectivity index (χ3v) is 12.4. The van der Waals surface area contributed by atoms with E-state index >= 15 is 0 Å². The molecule has 2 aliphatic carbocycles. The van der Waals surface area contributed by atoms with Crippen molar-refractivity contribution >= 4 is 63.9 Å². The van der Waals surface area contributed by atoms with Crippen LogP contribution in [0.15, 0.2) is 78.4 Å². The van der Waals surface area contributed by atoms with E-state index in [0.717, 1.165) is 35.8 Å². The number of amides is 4. The number of alkyl halides is 2. The van der Waals surface area contributed by atoms with Crippen LogP contribution in [0.3, 0.4) is 0 Å². The summed E-state index contributed by atoms with van der Waals surface area (Å²) >= 11 is 14.8. The van der Waals surface area contributed by atoms with Gasteiger partial charge in [0.1, 0.15) is 5.82 Å². The van der Waals surface area contributed by atoms with Crippen LogP contribution in [-0.4, -0.2) is 71.9 Å². The number of carbonyl (C=O) groups excluding carboxylic acids is 4. The van der Waals surface area contributed by atoms with Gasteiger partial charge in [0.25, 0.3) is 11.8 Å². The maximum Gasteiger partial charge on any atom is 0.258 e. The number of morpholine rings is 1. The minimum atomic E-state index is -2.18. The van der Waals surface area contributed by atoms with Gasteiger partial charge < -0.3 is 19.5 Å². The average Bonchev–Trinajstić information content (AvgIpc) is 3.47. The molecule has 0 radical (unpaired) electrons. The zero-order valence-electron chi connectivity index (χ0n) is 26.9. The summed E-state index contributed by atoms with van der Waals surface area (Å²) in [5.41, 5.74) is 2.14. The number of aromatic hydroxyl groups is 1.